The van der Waals surface area contributed by atoms with Gasteiger partial charge in [0.2, 0.25) is 0 Å². The smallest absolute Gasteiger partial charge is 0.467 e. The van der Waals surface area contributed by atoms with E-state index in [-0.39, 0.29) is 18.8 Å². The minimum Gasteiger partial charge on any atom is -0.467 e. The van der Waals surface area contributed by atoms with Gasteiger partial charge in [-0.15, -0.1) is 6.42 Å². The Morgan fingerprint density at radius 2 is 1.81 bits per heavy atom. The van der Waals surface area contributed by atoms with E-state index < -0.39 is 29.9 Å². The van der Waals surface area contributed by atoms with E-state index in [1.807, 2.05) is 0 Å². The van der Waals surface area contributed by atoms with Gasteiger partial charge in [-0.2, -0.15) is 0 Å². The van der Waals surface area contributed by atoms with Gasteiger partial charge >= 0.3 is 18.2 Å². The van der Waals surface area contributed by atoms with Crippen LogP contribution in [0.1, 0.15) is 26.3 Å². The molecule has 1 aromatic carbocycles. The second-order valence-corrected chi connectivity index (χ2v) is 6.41. The van der Waals surface area contributed by atoms with Gasteiger partial charge in [0, 0.05) is 6.42 Å². The van der Waals surface area contributed by atoms with Crippen molar-refractivity contribution in [2.75, 3.05) is 13.7 Å². The second kappa shape index (κ2) is 10.1. The lowest BCUT2D eigenvalue weighted by molar-refractivity contribution is -0.143. The lowest BCUT2D eigenvalue weighted by Gasteiger charge is -2.22. The third-order valence-electron chi connectivity index (χ3n) is 3.01. The van der Waals surface area contributed by atoms with Crippen molar-refractivity contribution in [2.24, 2.45) is 0 Å². The van der Waals surface area contributed by atoms with E-state index in [1.54, 1.807) is 32.9 Å². The second-order valence-electron chi connectivity index (χ2n) is 6.41. The summed E-state index contributed by atoms with van der Waals surface area (Å²) in [5, 5.41) is 2.48. The predicted octanol–water partition coefficient (Wildman–Crippen LogP) is 2.44. The van der Waals surface area contributed by atoms with Crippen LogP contribution >= 0.6 is 0 Å². The zero-order valence-corrected chi connectivity index (χ0v) is 15.7. The molecule has 0 saturated heterocycles. The highest BCUT2D eigenvalue weighted by atomic mass is 16.7. The molecular formula is C19H23NO7. The zero-order chi connectivity index (χ0) is 20.4. The summed E-state index contributed by atoms with van der Waals surface area (Å²) in [5.41, 5.74) is 0.00316. The molecule has 0 fully saturated rings. The SMILES string of the molecule is C#CCOC(=O)Oc1ccc(C[C@H](NC(=O)OC(C)(C)C)C(=O)OC)cc1. The summed E-state index contributed by atoms with van der Waals surface area (Å²) in [7, 11) is 1.23. The Balaban J connectivity index is 2.73. The van der Waals surface area contributed by atoms with Gasteiger partial charge in [-0.1, -0.05) is 18.1 Å². The normalized spacial score (nSPS) is 11.5. The van der Waals surface area contributed by atoms with Crippen molar-refractivity contribution in [1.82, 2.24) is 5.32 Å². The number of esters is 1. The van der Waals surface area contributed by atoms with E-state index in [4.69, 9.17) is 20.6 Å². The molecule has 8 nitrogen and oxygen atoms in total. The molecule has 1 N–H and O–H groups in total. The minimum absolute atomic E-state index is 0.160. The van der Waals surface area contributed by atoms with Gasteiger partial charge in [0.25, 0.3) is 0 Å². The van der Waals surface area contributed by atoms with Gasteiger partial charge in [-0.05, 0) is 38.5 Å². The molecule has 146 valence electrons. The van der Waals surface area contributed by atoms with Crippen molar-refractivity contribution in [3.05, 3.63) is 29.8 Å². The van der Waals surface area contributed by atoms with Crippen LogP contribution in [0.2, 0.25) is 0 Å². The number of terminal acetylenes is 1. The van der Waals surface area contributed by atoms with Crippen molar-refractivity contribution in [2.45, 2.75) is 38.8 Å². The van der Waals surface area contributed by atoms with E-state index in [1.165, 1.54) is 19.2 Å². The molecule has 0 bridgehead atoms. The topological polar surface area (TPSA) is 100 Å². The Kier molecular flexibility index (Phi) is 8.14. The third-order valence-corrected chi connectivity index (χ3v) is 3.01. The molecule has 0 radical (unpaired) electrons. The van der Waals surface area contributed by atoms with Gasteiger partial charge in [-0.25, -0.2) is 14.4 Å². The Labute approximate surface area is 158 Å². The number of methoxy groups -OCH3 is 1. The number of alkyl carbamates (subject to hydrolysis) is 1. The minimum atomic E-state index is -0.933. The number of hydrogen-bond acceptors (Lipinski definition) is 7. The third kappa shape index (κ3) is 8.63. The van der Waals surface area contributed by atoms with Crippen LogP contribution in [0.15, 0.2) is 24.3 Å². The number of amides is 1. The summed E-state index contributed by atoms with van der Waals surface area (Å²) in [4.78, 5) is 35.2. The number of benzene rings is 1. The first-order valence-corrected chi connectivity index (χ1v) is 8.09. The van der Waals surface area contributed by atoms with E-state index >= 15 is 0 Å². The molecule has 0 aliphatic heterocycles. The predicted molar refractivity (Wildman–Crippen MR) is 96.1 cm³/mol. The van der Waals surface area contributed by atoms with E-state index in [2.05, 4.69) is 16.0 Å². The first kappa shape index (κ1) is 21.8. The molecule has 0 aliphatic carbocycles. The van der Waals surface area contributed by atoms with Gasteiger partial charge < -0.3 is 24.3 Å². The highest BCUT2D eigenvalue weighted by Gasteiger charge is 2.25. The van der Waals surface area contributed by atoms with Crippen LogP contribution in [-0.2, 0) is 25.4 Å². The average Bonchev–Trinajstić information content (AvgIpc) is 2.58. The van der Waals surface area contributed by atoms with Crippen molar-refractivity contribution in [3.63, 3.8) is 0 Å². The van der Waals surface area contributed by atoms with Crippen molar-refractivity contribution < 1.29 is 33.3 Å². The van der Waals surface area contributed by atoms with E-state index in [9.17, 15) is 14.4 Å². The van der Waals surface area contributed by atoms with Crippen LogP contribution < -0.4 is 10.1 Å². The summed E-state index contributed by atoms with van der Waals surface area (Å²) >= 11 is 0. The maximum atomic E-state index is 11.9. The van der Waals surface area contributed by atoms with Crippen molar-refractivity contribution >= 4 is 18.2 Å². The van der Waals surface area contributed by atoms with Crippen molar-refractivity contribution in [1.29, 1.82) is 0 Å². The van der Waals surface area contributed by atoms with E-state index in [0.717, 1.165) is 0 Å². The summed E-state index contributed by atoms with van der Waals surface area (Å²) in [6.07, 6.45) is 3.50. The number of ether oxygens (including phenoxy) is 4. The van der Waals surface area contributed by atoms with E-state index in [0.29, 0.717) is 5.56 Å². The first-order valence-electron chi connectivity index (χ1n) is 8.09. The molecular weight excluding hydrogens is 354 g/mol. The van der Waals surface area contributed by atoms with Gasteiger partial charge in [-0.3, -0.25) is 0 Å². The highest BCUT2D eigenvalue weighted by molar-refractivity contribution is 5.81. The fourth-order valence-corrected chi connectivity index (χ4v) is 1.94. The molecule has 0 saturated carbocycles. The molecule has 8 heteroatoms. The standard InChI is InChI=1S/C19H23NO7/c1-6-11-25-18(23)26-14-9-7-13(8-10-14)12-15(16(21)24-5)20-17(22)27-19(2,3)4/h1,7-10,15H,11-12H2,2-5H3,(H,20,22)/t15-/m0/s1. The van der Waals surface area contributed by atoms with Crippen LogP contribution in [0.3, 0.4) is 0 Å². The first-order chi connectivity index (χ1) is 12.6. The summed E-state index contributed by atoms with van der Waals surface area (Å²) in [6.45, 7) is 4.96. The molecule has 27 heavy (non-hydrogen) atoms. The number of hydrogen-bond donors (Lipinski definition) is 1. The Hall–Kier alpha value is -3.21. The molecule has 1 aromatic rings. The van der Waals surface area contributed by atoms with Gasteiger partial charge in [0.05, 0.1) is 7.11 Å². The molecule has 0 aliphatic rings. The van der Waals surface area contributed by atoms with Gasteiger partial charge in [0.15, 0.2) is 6.61 Å². The van der Waals surface area contributed by atoms with Gasteiger partial charge in [0.1, 0.15) is 17.4 Å². The van der Waals surface area contributed by atoms with Crippen LogP contribution in [0.25, 0.3) is 0 Å². The Morgan fingerprint density at radius 1 is 1.19 bits per heavy atom. The molecule has 0 aromatic heterocycles. The number of nitrogens with one attached hydrogen (secondary N) is 1. The summed E-state index contributed by atoms with van der Waals surface area (Å²) < 4.78 is 19.4. The molecule has 1 rings (SSSR count). The maximum Gasteiger partial charge on any atom is 0.514 e. The van der Waals surface area contributed by atoms with Crippen LogP contribution in [0.4, 0.5) is 9.59 Å². The Bertz CT molecular complexity index is 698. The largest absolute Gasteiger partial charge is 0.514 e. The average molecular weight is 377 g/mol. The fraction of sp³-hybridized carbons (Fsp3) is 0.421. The quantitative estimate of drug-likeness (QED) is 0.352. The molecule has 1 amide bonds. The molecule has 1 atom stereocenters. The maximum absolute atomic E-state index is 11.9. The summed E-state index contributed by atoms with van der Waals surface area (Å²) in [6, 6.07) is 5.38. The lowest BCUT2D eigenvalue weighted by atomic mass is 10.1. The highest BCUT2D eigenvalue weighted by Crippen LogP contribution is 2.15. The number of rotatable bonds is 6. The van der Waals surface area contributed by atoms with Crippen LogP contribution in [-0.4, -0.2) is 43.6 Å². The van der Waals surface area contributed by atoms with Crippen LogP contribution in [0, 0.1) is 12.3 Å². The van der Waals surface area contributed by atoms with Crippen LogP contribution in [0.5, 0.6) is 5.75 Å². The number of carbonyl (C=O) groups excluding carboxylic acids is 3. The monoisotopic (exact) mass is 377 g/mol. The lowest BCUT2D eigenvalue weighted by Crippen LogP contribution is -2.45. The zero-order valence-electron chi connectivity index (χ0n) is 15.7. The fourth-order valence-electron chi connectivity index (χ4n) is 1.94. The number of carbonyl (C=O) groups is 3. The molecule has 0 heterocycles. The Morgan fingerprint density at radius 3 is 2.33 bits per heavy atom. The molecule has 0 spiro atoms. The molecule has 0 unspecified atom stereocenters. The summed E-state index contributed by atoms with van der Waals surface area (Å²) in [5.74, 6) is 1.78. The van der Waals surface area contributed by atoms with Crippen molar-refractivity contribution in [3.8, 4) is 18.1 Å².